The van der Waals surface area contributed by atoms with Crippen LogP contribution in [0.5, 0.6) is 0 Å². The number of rotatable bonds is 8. The van der Waals surface area contributed by atoms with Gasteiger partial charge in [0.25, 0.3) is 0 Å². The van der Waals surface area contributed by atoms with Gasteiger partial charge in [0, 0.05) is 31.0 Å². The lowest BCUT2D eigenvalue weighted by atomic mass is 10.1. The van der Waals surface area contributed by atoms with E-state index in [0.717, 1.165) is 40.7 Å². The summed E-state index contributed by atoms with van der Waals surface area (Å²) >= 11 is 1.67. The van der Waals surface area contributed by atoms with E-state index >= 15 is 0 Å². The number of benzene rings is 1. The van der Waals surface area contributed by atoms with Gasteiger partial charge in [-0.3, -0.25) is 4.79 Å². The fraction of sp³-hybridized carbons (Fsp3) is 0.417. The molecular formula is C24H30N6OS. The van der Waals surface area contributed by atoms with Crippen molar-refractivity contribution in [2.24, 2.45) is 0 Å². The molecule has 0 unspecified atom stereocenters. The standard InChI is InChI=1S/C24H30N6OS/c1-18(2)32-24-27-22(29-14-7-4-8-15-29)20-17-26-30(23(20)28-24)16-13-25-21(31)12-11-19-9-5-3-6-10-19/h3,5-6,9-12,17-18H,4,7-8,13-16H2,1-2H3,(H,25,31)/b12-11-. The first-order valence-electron chi connectivity index (χ1n) is 11.3. The van der Waals surface area contributed by atoms with Gasteiger partial charge in [-0.25, -0.2) is 14.6 Å². The van der Waals surface area contributed by atoms with Gasteiger partial charge in [-0.15, -0.1) is 0 Å². The zero-order chi connectivity index (χ0) is 22.3. The highest BCUT2D eigenvalue weighted by atomic mass is 32.2. The Kier molecular flexibility index (Phi) is 7.42. The van der Waals surface area contributed by atoms with Crippen LogP contribution < -0.4 is 10.2 Å². The molecule has 168 valence electrons. The zero-order valence-corrected chi connectivity index (χ0v) is 19.5. The largest absolute Gasteiger partial charge is 0.356 e. The molecule has 0 spiro atoms. The third-order valence-electron chi connectivity index (χ3n) is 5.30. The number of hydrogen-bond donors (Lipinski definition) is 1. The number of thioether (sulfide) groups is 1. The maximum atomic E-state index is 12.2. The van der Waals surface area contributed by atoms with Crippen molar-refractivity contribution in [3.8, 4) is 0 Å². The number of carbonyl (C=O) groups excluding carboxylic acids is 1. The highest BCUT2D eigenvalue weighted by Gasteiger charge is 2.20. The summed E-state index contributed by atoms with van der Waals surface area (Å²) in [6.07, 6.45) is 8.89. The molecule has 1 aliphatic rings. The number of nitrogens with zero attached hydrogens (tertiary/aromatic N) is 5. The number of anilines is 1. The second-order valence-electron chi connectivity index (χ2n) is 8.18. The minimum absolute atomic E-state index is 0.120. The van der Waals surface area contributed by atoms with Crippen LogP contribution in [0.2, 0.25) is 0 Å². The fourth-order valence-corrected chi connectivity index (χ4v) is 4.47. The Hall–Kier alpha value is -2.87. The number of hydrogen-bond acceptors (Lipinski definition) is 6. The van der Waals surface area contributed by atoms with Gasteiger partial charge in [-0.2, -0.15) is 5.10 Å². The summed E-state index contributed by atoms with van der Waals surface area (Å²) < 4.78 is 1.87. The average molecular weight is 451 g/mol. The molecule has 3 aromatic rings. The Morgan fingerprint density at radius 1 is 1.16 bits per heavy atom. The molecule has 1 N–H and O–H groups in total. The molecule has 3 heterocycles. The van der Waals surface area contributed by atoms with Crippen molar-refractivity contribution < 1.29 is 4.79 Å². The lowest BCUT2D eigenvalue weighted by Crippen LogP contribution is -2.30. The summed E-state index contributed by atoms with van der Waals surface area (Å²) in [6, 6.07) is 9.79. The third kappa shape index (κ3) is 5.68. The van der Waals surface area contributed by atoms with Crippen molar-refractivity contribution in [1.29, 1.82) is 0 Å². The van der Waals surface area contributed by atoms with E-state index in [4.69, 9.17) is 9.97 Å². The lowest BCUT2D eigenvalue weighted by Gasteiger charge is -2.28. The van der Waals surface area contributed by atoms with Crippen molar-refractivity contribution in [2.45, 2.75) is 50.1 Å². The molecule has 1 aromatic carbocycles. The van der Waals surface area contributed by atoms with Crippen LogP contribution in [0.15, 0.2) is 47.8 Å². The molecular weight excluding hydrogens is 420 g/mol. The van der Waals surface area contributed by atoms with E-state index in [1.54, 1.807) is 17.8 Å². The van der Waals surface area contributed by atoms with E-state index in [2.05, 4.69) is 29.2 Å². The van der Waals surface area contributed by atoms with Gasteiger partial charge in [0.05, 0.1) is 18.1 Å². The van der Waals surface area contributed by atoms with Gasteiger partial charge in [-0.1, -0.05) is 55.9 Å². The summed E-state index contributed by atoms with van der Waals surface area (Å²) in [7, 11) is 0. The number of carbonyl (C=O) groups is 1. The number of aromatic nitrogens is 4. The van der Waals surface area contributed by atoms with Crippen LogP contribution in [-0.2, 0) is 11.3 Å². The Bertz CT molecular complexity index is 1070. The molecule has 1 amide bonds. The molecule has 2 aromatic heterocycles. The maximum Gasteiger partial charge on any atom is 0.244 e. The van der Waals surface area contributed by atoms with Crippen molar-refractivity contribution in [3.63, 3.8) is 0 Å². The van der Waals surface area contributed by atoms with Gasteiger partial charge >= 0.3 is 0 Å². The van der Waals surface area contributed by atoms with Gasteiger partial charge in [0.15, 0.2) is 10.8 Å². The number of fused-ring (bicyclic) bond motifs is 1. The number of nitrogens with one attached hydrogen (secondary N) is 1. The summed E-state index contributed by atoms with van der Waals surface area (Å²) in [6.45, 7) is 7.37. The van der Waals surface area contributed by atoms with Crippen molar-refractivity contribution in [2.75, 3.05) is 24.5 Å². The van der Waals surface area contributed by atoms with E-state index < -0.39 is 0 Å². The monoisotopic (exact) mass is 450 g/mol. The predicted octanol–water partition coefficient (Wildman–Crippen LogP) is 4.15. The molecule has 32 heavy (non-hydrogen) atoms. The van der Waals surface area contributed by atoms with E-state index in [0.29, 0.717) is 18.3 Å². The van der Waals surface area contributed by atoms with Gasteiger partial charge in [-0.05, 0) is 30.9 Å². The Balaban J connectivity index is 1.47. The topological polar surface area (TPSA) is 75.9 Å². The first-order chi connectivity index (χ1) is 15.6. The second-order valence-corrected chi connectivity index (χ2v) is 9.73. The van der Waals surface area contributed by atoms with Crippen molar-refractivity contribution in [3.05, 3.63) is 48.2 Å². The molecule has 1 aliphatic heterocycles. The molecule has 1 saturated heterocycles. The van der Waals surface area contributed by atoms with Crippen molar-refractivity contribution >= 4 is 40.6 Å². The highest BCUT2D eigenvalue weighted by Crippen LogP contribution is 2.30. The third-order valence-corrected chi connectivity index (χ3v) is 6.17. The number of amides is 1. The van der Waals surface area contributed by atoms with Crippen molar-refractivity contribution in [1.82, 2.24) is 25.1 Å². The van der Waals surface area contributed by atoms with Crippen LogP contribution in [0.25, 0.3) is 17.1 Å². The summed E-state index contributed by atoms with van der Waals surface area (Å²) in [5, 5.41) is 9.67. The smallest absolute Gasteiger partial charge is 0.244 e. The molecule has 0 bridgehead atoms. The molecule has 0 saturated carbocycles. The minimum Gasteiger partial charge on any atom is -0.356 e. The minimum atomic E-state index is -0.120. The first kappa shape index (κ1) is 22.3. The van der Waals surface area contributed by atoms with E-state index in [-0.39, 0.29) is 5.91 Å². The lowest BCUT2D eigenvalue weighted by molar-refractivity contribution is -0.116. The van der Waals surface area contributed by atoms with Gasteiger partial charge in [0.2, 0.25) is 5.91 Å². The van der Waals surface area contributed by atoms with E-state index in [1.807, 2.05) is 47.3 Å². The summed E-state index contributed by atoms with van der Waals surface area (Å²) in [5.74, 6) is 0.865. The summed E-state index contributed by atoms with van der Waals surface area (Å²) in [4.78, 5) is 24.2. The normalized spacial score (nSPS) is 14.5. The summed E-state index contributed by atoms with van der Waals surface area (Å²) in [5.41, 5.74) is 1.83. The van der Waals surface area contributed by atoms with Crippen LogP contribution in [0.4, 0.5) is 5.82 Å². The SMILES string of the molecule is CC(C)Sc1nc(N2CCCCC2)c2cnn(CCNC(=O)/C=C\c3ccccc3)c2n1. The van der Waals surface area contributed by atoms with E-state index in [9.17, 15) is 4.79 Å². The Labute approximate surface area is 193 Å². The zero-order valence-electron chi connectivity index (χ0n) is 18.7. The van der Waals surface area contributed by atoms with Gasteiger partial charge < -0.3 is 10.2 Å². The second kappa shape index (κ2) is 10.6. The van der Waals surface area contributed by atoms with Crippen LogP contribution in [0.3, 0.4) is 0 Å². The molecule has 0 radical (unpaired) electrons. The van der Waals surface area contributed by atoms with Crippen LogP contribution >= 0.6 is 11.8 Å². The molecule has 1 fully saturated rings. The van der Waals surface area contributed by atoms with Gasteiger partial charge in [0.1, 0.15) is 5.82 Å². The Morgan fingerprint density at radius 2 is 1.94 bits per heavy atom. The maximum absolute atomic E-state index is 12.2. The predicted molar refractivity (Wildman–Crippen MR) is 131 cm³/mol. The van der Waals surface area contributed by atoms with E-state index in [1.165, 1.54) is 19.3 Å². The Morgan fingerprint density at radius 3 is 2.69 bits per heavy atom. The molecule has 7 nitrogen and oxygen atoms in total. The molecule has 0 aliphatic carbocycles. The molecule has 8 heteroatoms. The average Bonchev–Trinajstić information content (AvgIpc) is 3.21. The quantitative estimate of drug-likeness (QED) is 0.316. The number of piperidine rings is 1. The van der Waals surface area contributed by atoms with Crippen LogP contribution in [0, 0.1) is 0 Å². The van der Waals surface area contributed by atoms with Crippen LogP contribution in [-0.4, -0.2) is 50.5 Å². The molecule has 4 rings (SSSR count). The molecule has 0 atom stereocenters. The highest BCUT2D eigenvalue weighted by molar-refractivity contribution is 7.99. The fourth-order valence-electron chi connectivity index (χ4n) is 3.77. The van der Waals surface area contributed by atoms with Crippen LogP contribution in [0.1, 0.15) is 38.7 Å². The first-order valence-corrected chi connectivity index (χ1v) is 12.1.